The van der Waals surface area contributed by atoms with Gasteiger partial charge in [-0.1, -0.05) is 47.7 Å². The highest BCUT2D eigenvalue weighted by Gasteiger charge is 2.48. The molecule has 0 unspecified atom stereocenters. The lowest BCUT2D eigenvalue weighted by Crippen LogP contribution is -2.29. The summed E-state index contributed by atoms with van der Waals surface area (Å²) in [5.74, 6) is 0.518. The Morgan fingerprint density at radius 1 is 0.938 bits per heavy atom. The Morgan fingerprint density at radius 2 is 1.75 bits per heavy atom. The summed E-state index contributed by atoms with van der Waals surface area (Å²) in [6.45, 7) is 6.95. The molecule has 0 radical (unpaired) electrons. The van der Waals surface area contributed by atoms with Crippen molar-refractivity contribution in [2.45, 2.75) is 45.9 Å². The molecule has 1 saturated heterocycles. The van der Waals surface area contributed by atoms with Gasteiger partial charge in [-0.15, -0.1) is 0 Å². The third kappa shape index (κ3) is 5.84. The van der Waals surface area contributed by atoms with Crippen molar-refractivity contribution in [2.75, 3.05) is 18.1 Å². The number of thiazole rings is 1. The Hall–Kier alpha value is -5.35. The average molecular weight is 663 g/mol. The predicted molar refractivity (Wildman–Crippen MR) is 184 cm³/mol. The van der Waals surface area contributed by atoms with Gasteiger partial charge in [-0.3, -0.25) is 14.5 Å². The molecular weight excluding hydrogens is 628 g/mol. The van der Waals surface area contributed by atoms with Gasteiger partial charge in [0.25, 0.3) is 5.78 Å². The molecule has 4 aromatic carbocycles. The molecule has 5 aromatic rings. The first-order valence-corrected chi connectivity index (χ1v) is 16.7. The van der Waals surface area contributed by atoms with E-state index in [9.17, 15) is 14.7 Å². The van der Waals surface area contributed by atoms with E-state index in [1.807, 2.05) is 75.4 Å². The van der Waals surface area contributed by atoms with E-state index in [0.29, 0.717) is 65.3 Å². The Morgan fingerprint density at radius 3 is 2.54 bits per heavy atom. The standard InChI is InChI=1S/C38H34N2O7S/c1-4-44-27-13-14-28-32(20-27)48-38(39-28)40-34(24-11-16-30(31(19-24)45-5-2)46-21-23-9-7-6-8-10-23)33(36(42)37(40)43)35(41)25-12-15-29-26(18-25)17-22(3)47-29/h6-16,18-20,22,34,41H,4-5,17,21H2,1-3H3/b35-33+/t22-,34+/m1/s1. The first kappa shape index (κ1) is 31.3. The lowest BCUT2D eigenvalue weighted by molar-refractivity contribution is -0.132. The number of aliphatic hydroxyl groups excluding tert-OH is 1. The largest absolute Gasteiger partial charge is 0.507 e. The number of hydrogen-bond donors (Lipinski definition) is 1. The Labute approximate surface area is 282 Å². The van der Waals surface area contributed by atoms with Crippen LogP contribution in [0.2, 0.25) is 0 Å². The first-order valence-electron chi connectivity index (χ1n) is 15.9. The molecule has 2 aliphatic heterocycles. The predicted octanol–water partition coefficient (Wildman–Crippen LogP) is 7.62. The lowest BCUT2D eigenvalue weighted by atomic mass is 9.94. The molecular formula is C38H34N2O7S. The number of aliphatic hydroxyl groups is 1. The highest BCUT2D eigenvalue weighted by atomic mass is 32.1. The number of ether oxygens (including phenoxy) is 4. The molecule has 2 atom stereocenters. The second-order valence-electron chi connectivity index (χ2n) is 11.6. The zero-order valence-electron chi connectivity index (χ0n) is 26.8. The molecule has 48 heavy (non-hydrogen) atoms. The minimum Gasteiger partial charge on any atom is -0.507 e. The van der Waals surface area contributed by atoms with Crippen molar-refractivity contribution in [3.63, 3.8) is 0 Å². The van der Waals surface area contributed by atoms with Gasteiger partial charge in [-0.05, 0) is 86.0 Å². The van der Waals surface area contributed by atoms with Gasteiger partial charge < -0.3 is 24.1 Å². The maximum Gasteiger partial charge on any atom is 0.301 e. The van der Waals surface area contributed by atoms with E-state index in [1.165, 1.54) is 16.2 Å². The molecule has 3 heterocycles. The molecule has 0 bridgehead atoms. The number of Topliss-reactive ketones (excluding diaryl/α,β-unsaturated/α-hetero) is 1. The summed E-state index contributed by atoms with van der Waals surface area (Å²) in [5.41, 5.74) is 3.52. The molecule has 0 aliphatic carbocycles. The number of rotatable bonds is 10. The molecule has 1 fully saturated rings. The van der Waals surface area contributed by atoms with Gasteiger partial charge in [0, 0.05) is 12.0 Å². The van der Waals surface area contributed by atoms with Gasteiger partial charge in [0.1, 0.15) is 30.0 Å². The van der Waals surface area contributed by atoms with Crippen LogP contribution >= 0.6 is 11.3 Å². The highest BCUT2D eigenvalue weighted by Crippen LogP contribution is 2.46. The van der Waals surface area contributed by atoms with Gasteiger partial charge in [0.2, 0.25) is 0 Å². The van der Waals surface area contributed by atoms with Crippen molar-refractivity contribution in [2.24, 2.45) is 0 Å². The Balaban J connectivity index is 1.35. The molecule has 0 spiro atoms. The van der Waals surface area contributed by atoms with Crippen molar-refractivity contribution in [3.05, 3.63) is 113 Å². The van der Waals surface area contributed by atoms with Crippen LogP contribution in [-0.4, -0.2) is 41.1 Å². The van der Waals surface area contributed by atoms with Crippen molar-refractivity contribution in [3.8, 4) is 23.0 Å². The van der Waals surface area contributed by atoms with Crippen LogP contribution in [0.4, 0.5) is 5.13 Å². The van der Waals surface area contributed by atoms with Crippen LogP contribution in [0.25, 0.3) is 16.0 Å². The van der Waals surface area contributed by atoms with Crippen LogP contribution in [-0.2, 0) is 22.6 Å². The summed E-state index contributed by atoms with van der Waals surface area (Å²) in [5, 5.41) is 12.1. The van der Waals surface area contributed by atoms with Gasteiger partial charge in [0.15, 0.2) is 16.6 Å². The molecule has 1 amide bonds. The summed E-state index contributed by atoms with van der Waals surface area (Å²) in [6.07, 6.45) is 0.677. The van der Waals surface area contributed by atoms with Gasteiger partial charge in [-0.25, -0.2) is 4.98 Å². The summed E-state index contributed by atoms with van der Waals surface area (Å²) in [7, 11) is 0. The summed E-state index contributed by atoms with van der Waals surface area (Å²) in [4.78, 5) is 34.0. The zero-order chi connectivity index (χ0) is 33.4. The number of carbonyl (C=O) groups excluding carboxylic acids is 2. The number of carbonyl (C=O) groups is 2. The number of nitrogens with zero attached hydrogens (tertiary/aromatic N) is 2. The average Bonchev–Trinajstić information content (AvgIpc) is 3.76. The Bertz CT molecular complexity index is 2060. The highest BCUT2D eigenvalue weighted by molar-refractivity contribution is 7.22. The third-order valence-corrected chi connectivity index (χ3v) is 9.32. The number of anilines is 1. The van der Waals surface area contributed by atoms with Gasteiger partial charge >= 0.3 is 5.91 Å². The van der Waals surface area contributed by atoms with Crippen LogP contribution in [0, 0.1) is 0 Å². The van der Waals surface area contributed by atoms with E-state index in [2.05, 4.69) is 0 Å². The van der Waals surface area contributed by atoms with Crippen LogP contribution in [0.1, 0.15) is 49.1 Å². The monoisotopic (exact) mass is 662 g/mol. The second-order valence-corrected chi connectivity index (χ2v) is 12.6. The van der Waals surface area contributed by atoms with E-state index in [1.54, 1.807) is 30.3 Å². The minimum absolute atomic E-state index is 0.00450. The molecule has 9 nitrogen and oxygen atoms in total. The SMILES string of the molecule is CCOc1ccc2nc(N3C(=O)C(=O)/C(=C(/O)c4ccc5c(c4)C[C@@H](C)O5)[C@@H]3c3ccc(OCc4ccccc4)c(OCC)c3)sc2c1. The maximum atomic E-state index is 13.9. The molecule has 1 N–H and O–H groups in total. The van der Waals surface area contributed by atoms with Crippen LogP contribution in [0.3, 0.4) is 0 Å². The van der Waals surface area contributed by atoms with Crippen molar-refractivity contribution < 1.29 is 33.6 Å². The van der Waals surface area contributed by atoms with Gasteiger partial charge in [0.05, 0.1) is 35.0 Å². The number of ketones is 1. The fourth-order valence-corrected chi connectivity index (χ4v) is 7.16. The molecule has 10 heteroatoms. The van der Waals surface area contributed by atoms with Crippen molar-refractivity contribution in [1.29, 1.82) is 0 Å². The first-order chi connectivity index (χ1) is 23.3. The number of amides is 1. The van der Waals surface area contributed by atoms with Crippen molar-refractivity contribution >= 4 is 44.1 Å². The van der Waals surface area contributed by atoms with E-state index in [0.717, 1.165) is 21.6 Å². The molecule has 244 valence electrons. The zero-order valence-corrected chi connectivity index (χ0v) is 27.6. The van der Waals surface area contributed by atoms with Gasteiger partial charge in [-0.2, -0.15) is 0 Å². The van der Waals surface area contributed by atoms with Crippen LogP contribution in [0.5, 0.6) is 23.0 Å². The van der Waals surface area contributed by atoms with E-state index < -0.39 is 17.7 Å². The fraction of sp³-hybridized carbons (Fsp3) is 0.237. The lowest BCUT2D eigenvalue weighted by Gasteiger charge is -2.24. The molecule has 2 aliphatic rings. The van der Waals surface area contributed by atoms with E-state index in [4.69, 9.17) is 23.9 Å². The topological polar surface area (TPSA) is 107 Å². The second kappa shape index (κ2) is 13.0. The smallest absolute Gasteiger partial charge is 0.301 e. The number of fused-ring (bicyclic) bond motifs is 2. The number of benzene rings is 4. The molecule has 1 aromatic heterocycles. The van der Waals surface area contributed by atoms with Crippen LogP contribution < -0.4 is 23.8 Å². The minimum atomic E-state index is -0.997. The molecule has 7 rings (SSSR count). The normalized spacial score (nSPS) is 18.2. The quantitative estimate of drug-likeness (QED) is 0.0925. The Kier molecular flexibility index (Phi) is 8.49. The number of hydrogen-bond acceptors (Lipinski definition) is 9. The summed E-state index contributed by atoms with van der Waals surface area (Å²) in [6, 6.07) is 24.9. The summed E-state index contributed by atoms with van der Waals surface area (Å²) < 4.78 is 24.5. The maximum absolute atomic E-state index is 13.9. The van der Waals surface area contributed by atoms with Crippen molar-refractivity contribution in [1.82, 2.24) is 4.98 Å². The van der Waals surface area contributed by atoms with E-state index in [-0.39, 0.29) is 17.4 Å². The summed E-state index contributed by atoms with van der Waals surface area (Å²) >= 11 is 1.27. The number of aromatic nitrogens is 1. The van der Waals surface area contributed by atoms with Crippen LogP contribution in [0.15, 0.2) is 90.5 Å². The third-order valence-electron chi connectivity index (χ3n) is 8.30. The molecule has 0 saturated carbocycles. The van der Waals surface area contributed by atoms with E-state index >= 15 is 0 Å². The fourth-order valence-electron chi connectivity index (χ4n) is 6.14.